The first kappa shape index (κ1) is 21.1. The Kier molecular flexibility index (Phi) is 9.12. The minimum atomic E-state index is 0.0640. The molecular formula is C23H36N2. The molecule has 1 rings (SSSR count). The zero-order valence-corrected chi connectivity index (χ0v) is 16.5. The highest BCUT2D eigenvalue weighted by atomic mass is 15.0. The fraction of sp³-hybridized carbons (Fsp3) is 0.478. The van der Waals surface area contributed by atoms with Crippen LogP contribution in [0, 0.1) is 11.8 Å². The van der Waals surface area contributed by atoms with Crippen molar-refractivity contribution in [2.24, 2.45) is 11.8 Å². The summed E-state index contributed by atoms with van der Waals surface area (Å²) in [4.78, 5) is 0. The van der Waals surface area contributed by atoms with Gasteiger partial charge >= 0.3 is 0 Å². The highest BCUT2D eigenvalue weighted by Crippen LogP contribution is 2.19. The normalized spacial score (nSPS) is 13.4. The van der Waals surface area contributed by atoms with Crippen LogP contribution in [0.5, 0.6) is 0 Å². The van der Waals surface area contributed by atoms with Crippen molar-refractivity contribution >= 4 is 0 Å². The van der Waals surface area contributed by atoms with Gasteiger partial charge in [-0.3, -0.25) is 0 Å². The van der Waals surface area contributed by atoms with E-state index < -0.39 is 0 Å². The third-order valence-corrected chi connectivity index (χ3v) is 4.26. The molecule has 0 aromatic heterocycles. The molecule has 0 bridgehead atoms. The molecule has 0 aliphatic carbocycles. The largest absolute Gasteiger partial charge is 0.381 e. The first-order valence-corrected chi connectivity index (χ1v) is 9.40. The lowest BCUT2D eigenvalue weighted by atomic mass is 9.99. The second-order valence-electron chi connectivity index (χ2n) is 7.66. The van der Waals surface area contributed by atoms with Crippen molar-refractivity contribution in [3.63, 3.8) is 0 Å². The van der Waals surface area contributed by atoms with Crippen molar-refractivity contribution in [2.45, 2.75) is 59.0 Å². The van der Waals surface area contributed by atoms with Crippen molar-refractivity contribution in [3.8, 4) is 0 Å². The summed E-state index contributed by atoms with van der Waals surface area (Å²) in [5, 5.41) is 7.14. The maximum atomic E-state index is 4.31. The van der Waals surface area contributed by atoms with Gasteiger partial charge in [0.2, 0.25) is 0 Å². The van der Waals surface area contributed by atoms with Gasteiger partial charge in [0.25, 0.3) is 0 Å². The molecule has 138 valence electrons. The molecule has 0 heterocycles. The lowest BCUT2D eigenvalue weighted by molar-refractivity contribution is 0.451. The van der Waals surface area contributed by atoms with Crippen LogP contribution in [-0.4, -0.2) is 6.04 Å². The van der Waals surface area contributed by atoms with Gasteiger partial charge in [0, 0.05) is 11.4 Å². The maximum absolute atomic E-state index is 4.31. The van der Waals surface area contributed by atoms with Crippen LogP contribution in [0.25, 0.3) is 0 Å². The number of allylic oxidation sites excluding steroid dienone is 1. The first-order valence-electron chi connectivity index (χ1n) is 9.40. The smallest absolute Gasteiger partial charge is 0.0692 e. The average Bonchev–Trinajstić information content (AvgIpc) is 2.57. The van der Waals surface area contributed by atoms with Gasteiger partial charge in [-0.25, -0.2) is 0 Å². The van der Waals surface area contributed by atoms with Crippen LogP contribution in [0.15, 0.2) is 67.5 Å². The van der Waals surface area contributed by atoms with E-state index in [2.05, 4.69) is 70.2 Å². The molecule has 1 aromatic rings. The van der Waals surface area contributed by atoms with Crippen molar-refractivity contribution in [3.05, 3.63) is 73.1 Å². The number of hydrogen-bond donors (Lipinski definition) is 2. The molecule has 25 heavy (non-hydrogen) atoms. The second-order valence-corrected chi connectivity index (χ2v) is 7.66. The Labute approximate surface area is 155 Å². The molecule has 0 aliphatic rings. The third kappa shape index (κ3) is 8.11. The van der Waals surface area contributed by atoms with Crippen LogP contribution in [0.4, 0.5) is 0 Å². The molecule has 2 atom stereocenters. The Balaban J connectivity index is 2.74. The van der Waals surface area contributed by atoms with Gasteiger partial charge in [0.15, 0.2) is 0 Å². The van der Waals surface area contributed by atoms with Crippen molar-refractivity contribution in [1.29, 1.82) is 0 Å². The zero-order valence-electron chi connectivity index (χ0n) is 16.5. The zero-order chi connectivity index (χ0) is 18.8. The predicted octanol–water partition coefficient (Wildman–Crippen LogP) is 5.97. The number of hydrogen-bond acceptors (Lipinski definition) is 2. The van der Waals surface area contributed by atoms with Gasteiger partial charge in [-0.1, -0.05) is 77.3 Å². The lowest BCUT2D eigenvalue weighted by Gasteiger charge is -2.28. The SMILES string of the molecule is C=CC(NC(=C)[C@H](CC(C)C)NC(=C)CCC(C)C)c1ccccc1. The van der Waals surface area contributed by atoms with Crippen LogP contribution in [0.1, 0.15) is 58.6 Å². The monoisotopic (exact) mass is 340 g/mol. The van der Waals surface area contributed by atoms with E-state index in [1.54, 1.807) is 0 Å². The summed E-state index contributed by atoms with van der Waals surface area (Å²) < 4.78 is 0. The molecule has 0 amide bonds. The van der Waals surface area contributed by atoms with E-state index in [9.17, 15) is 0 Å². The van der Waals surface area contributed by atoms with Crippen molar-refractivity contribution in [2.75, 3.05) is 0 Å². The van der Waals surface area contributed by atoms with E-state index in [-0.39, 0.29) is 12.1 Å². The van der Waals surface area contributed by atoms with Crippen LogP contribution in [0.2, 0.25) is 0 Å². The lowest BCUT2D eigenvalue weighted by Crippen LogP contribution is -2.37. The van der Waals surface area contributed by atoms with E-state index >= 15 is 0 Å². The Morgan fingerprint density at radius 1 is 1.00 bits per heavy atom. The van der Waals surface area contributed by atoms with E-state index in [4.69, 9.17) is 0 Å². The first-order chi connectivity index (χ1) is 11.8. The standard InChI is InChI=1S/C23H36N2/c1-8-22(21-12-10-9-11-13-21)25-20(7)23(16-18(4)5)24-19(6)15-14-17(2)3/h8-13,17-18,22-25H,1,6-7,14-16H2,2-5H3/t22?,23-/m0/s1. The summed E-state index contributed by atoms with van der Waals surface area (Å²) in [6, 6.07) is 10.6. The van der Waals surface area contributed by atoms with Crippen LogP contribution < -0.4 is 10.6 Å². The van der Waals surface area contributed by atoms with Crippen LogP contribution in [0.3, 0.4) is 0 Å². The average molecular weight is 341 g/mol. The molecule has 0 saturated carbocycles. The summed E-state index contributed by atoms with van der Waals surface area (Å²) in [7, 11) is 0. The molecule has 2 nitrogen and oxygen atoms in total. The second kappa shape index (κ2) is 10.8. The maximum Gasteiger partial charge on any atom is 0.0692 e. The predicted molar refractivity (Wildman–Crippen MR) is 111 cm³/mol. The number of rotatable bonds is 12. The van der Waals surface area contributed by atoms with Gasteiger partial charge in [0.1, 0.15) is 0 Å². The third-order valence-electron chi connectivity index (χ3n) is 4.26. The van der Waals surface area contributed by atoms with Gasteiger partial charge in [-0.2, -0.15) is 0 Å². The van der Waals surface area contributed by atoms with Gasteiger partial charge < -0.3 is 10.6 Å². The molecule has 0 radical (unpaired) electrons. The Morgan fingerprint density at radius 2 is 1.64 bits per heavy atom. The topological polar surface area (TPSA) is 24.1 Å². The quantitative estimate of drug-likeness (QED) is 0.458. The molecule has 0 spiro atoms. The van der Waals surface area contributed by atoms with Crippen molar-refractivity contribution in [1.82, 2.24) is 10.6 Å². The highest BCUT2D eigenvalue weighted by Gasteiger charge is 2.18. The van der Waals surface area contributed by atoms with Crippen LogP contribution in [-0.2, 0) is 0 Å². The molecule has 2 heteroatoms. The minimum absolute atomic E-state index is 0.0640. The van der Waals surface area contributed by atoms with E-state index in [1.807, 2.05) is 24.3 Å². The van der Waals surface area contributed by atoms with Gasteiger partial charge in [0.05, 0.1) is 12.1 Å². The Morgan fingerprint density at radius 3 is 2.16 bits per heavy atom. The molecule has 1 unspecified atom stereocenters. The highest BCUT2D eigenvalue weighted by molar-refractivity contribution is 5.25. The molecule has 0 saturated heterocycles. The number of benzene rings is 1. The van der Waals surface area contributed by atoms with Gasteiger partial charge in [-0.05, 0) is 36.7 Å². The molecule has 2 N–H and O–H groups in total. The van der Waals surface area contributed by atoms with E-state index in [0.717, 1.165) is 30.7 Å². The summed E-state index contributed by atoms with van der Waals surface area (Å²) in [5.74, 6) is 1.26. The Hall–Kier alpha value is -1.96. The number of nitrogens with one attached hydrogen (secondary N) is 2. The fourth-order valence-corrected chi connectivity index (χ4v) is 2.78. The molecule has 1 aromatic carbocycles. The Bertz CT molecular complexity index is 542. The van der Waals surface area contributed by atoms with E-state index in [1.165, 1.54) is 5.56 Å². The van der Waals surface area contributed by atoms with E-state index in [0.29, 0.717) is 11.8 Å². The fourth-order valence-electron chi connectivity index (χ4n) is 2.78. The summed E-state index contributed by atoms with van der Waals surface area (Å²) in [6.07, 6.45) is 5.11. The summed E-state index contributed by atoms with van der Waals surface area (Å²) in [5.41, 5.74) is 3.28. The summed E-state index contributed by atoms with van der Waals surface area (Å²) >= 11 is 0. The summed E-state index contributed by atoms with van der Waals surface area (Å²) in [6.45, 7) is 21.5. The van der Waals surface area contributed by atoms with Gasteiger partial charge in [-0.15, -0.1) is 6.58 Å². The van der Waals surface area contributed by atoms with Crippen molar-refractivity contribution < 1.29 is 0 Å². The minimum Gasteiger partial charge on any atom is -0.381 e. The molecule has 0 aliphatic heterocycles. The van der Waals surface area contributed by atoms with Crippen LogP contribution >= 0.6 is 0 Å². The molecule has 0 fully saturated rings. The molecular weight excluding hydrogens is 304 g/mol.